The zero-order valence-electron chi connectivity index (χ0n) is 13.5. The van der Waals surface area contributed by atoms with Crippen molar-refractivity contribution < 1.29 is 4.79 Å². The first kappa shape index (κ1) is 18.1. The molecule has 0 aliphatic carbocycles. The number of hydrogen-bond acceptors (Lipinski definition) is 4. The number of aromatic amines is 1. The van der Waals surface area contributed by atoms with Crippen molar-refractivity contribution >= 4 is 46.4 Å². The molecule has 0 aliphatic heterocycles. The van der Waals surface area contributed by atoms with Crippen LogP contribution in [0.15, 0.2) is 52.4 Å². The van der Waals surface area contributed by atoms with Gasteiger partial charge in [-0.3, -0.25) is 9.59 Å². The molecule has 26 heavy (non-hydrogen) atoms. The quantitative estimate of drug-likeness (QED) is 0.519. The van der Waals surface area contributed by atoms with Crippen molar-refractivity contribution in [3.63, 3.8) is 0 Å². The van der Waals surface area contributed by atoms with E-state index in [1.807, 2.05) is 12.1 Å². The van der Waals surface area contributed by atoms with Crippen LogP contribution in [-0.2, 0) is 11.2 Å². The van der Waals surface area contributed by atoms with Gasteiger partial charge in [0.25, 0.3) is 5.56 Å². The first-order chi connectivity index (χ1) is 12.5. The number of carbonyl (C=O) groups is 1. The number of benzene rings is 2. The molecule has 132 valence electrons. The van der Waals surface area contributed by atoms with E-state index < -0.39 is 0 Å². The average molecular weight is 389 g/mol. The Balaban J connectivity index is 1.60. The molecule has 0 aliphatic rings. The Morgan fingerprint density at radius 1 is 1.23 bits per heavy atom. The van der Waals surface area contributed by atoms with E-state index in [0.29, 0.717) is 32.3 Å². The molecule has 6 nitrogen and oxygen atoms in total. The molecule has 0 saturated heterocycles. The molecule has 1 aromatic heterocycles. The summed E-state index contributed by atoms with van der Waals surface area (Å²) in [6.45, 7) is 0. The first-order valence-corrected chi connectivity index (χ1v) is 8.53. The first-order valence-electron chi connectivity index (χ1n) is 7.78. The van der Waals surface area contributed by atoms with E-state index in [9.17, 15) is 9.59 Å². The van der Waals surface area contributed by atoms with Gasteiger partial charge in [0.15, 0.2) is 0 Å². The summed E-state index contributed by atoms with van der Waals surface area (Å²) in [5.41, 5.74) is 4.38. The van der Waals surface area contributed by atoms with Crippen molar-refractivity contribution in [2.24, 2.45) is 5.10 Å². The second-order valence-corrected chi connectivity index (χ2v) is 6.33. The molecule has 0 spiro atoms. The van der Waals surface area contributed by atoms with Gasteiger partial charge in [0.2, 0.25) is 5.91 Å². The van der Waals surface area contributed by atoms with Crippen LogP contribution in [0.4, 0.5) is 0 Å². The lowest BCUT2D eigenvalue weighted by atomic mass is 10.2. The van der Waals surface area contributed by atoms with E-state index in [1.165, 1.54) is 6.21 Å². The smallest absolute Gasteiger partial charge is 0.270 e. The topological polar surface area (TPSA) is 87.2 Å². The normalized spacial score (nSPS) is 11.2. The van der Waals surface area contributed by atoms with Crippen LogP contribution in [0.3, 0.4) is 0 Å². The Morgan fingerprint density at radius 3 is 2.85 bits per heavy atom. The van der Waals surface area contributed by atoms with Crippen molar-refractivity contribution in [3.8, 4) is 0 Å². The summed E-state index contributed by atoms with van der Waals surface area (Å²) in [5.74, 6) is -0.333. The minimum Gasteiger partial charge on any atom is -0.319 e. The van der Waals surface area contributed by atoms with Gasteiger partial charge in [-0.15, -0.1) is 0 Å². The molecule has 0 fully saturated rings. The Morgan fingerprint density at radius 2 is 2.04 bits per heavy atom. The lowest BCUT2D eigenvalue weighted by Gasteiger charge is -2.02. The molecule has 0 bridgehead atoms. The highest BCUT2D eigenvalue weighted by Gasteiger charge is 2.08. The van der Waals surface area contributed by atoms with Crippen LogP contribution >= 0.6 is 23.2 Å². The molecule has 2 aromatic carbocycles. The van der Waals surface area contributed by atoms with E-state index in [2.05, 4.69) is 20.5 Å². The number of rotatable bonds is 5. The van der Waals surface area contributed by atoms with Gasteiger partial charge < -0.3 is 4.98 Å². The van der Waals surface area contributed by atoms with E-state index in [0.717, 1.165) is 0 Å². The van der Waals surface area contributed by atoms with E-state index in [-0.39, 0.29) is 24.3 Å². The van der Waals surface area contributed by atoms with Gasteiger partial charge in [0.1, 0.15) is 5.69 Å². The summed E-state index contributed by atoms with van der Waals surface area (Å²) in [6, 6.07) is 12.2. The Hall–Kier alpha value is -2.70. The van der Waals surface area contributed by atoms with Gasteiger partial charge in [-0.2, -0.15) is 5.10 Å². The second-order valence-electron chi connectivity index (χ2n) is 5.49. The molecular weight excluding hydrogens is 375 g/mol. The van der Waals surface area contributed by atoms with Gasteiger partial charge in [-0.25, -0.2) is 10.4 Å². The summed E-state index contributed by atoms with van der Waals surface area (Å²) in [6.07, 6.45) is 1.72. The van der Waals surface area contributed by atoms with Crippen LogP contribution in [0.5, 0.6) is 0 Å². The van der Waals surface area contributed by atoms with Crippen molar-refractivity contribution in [1.82, 2.24) is 15.4 Å². The number of hydrogen-bond donors (Lipinski definition) is 2. The maximum absolute atomic E-state index is 12.0. The number of nitrogens with one attached hydrogen (secondary N) is 2. The third kappa shape index (κ3) is 4.47. The minimum absolute atomic E-state index is 0.0834. The fourth-order valence-corrected chi connectivity index (χ4v) is 2.76. The summed E-state index contributed by atoms with van der Waals surface area (Å²) >= 11 is 11.8. The maximum Gasteiger partial charge on any atom is 0.270 e. The summed E-state index contributed by atoms with van der Waals surface area (Å²) in [4.78, 5) is 31.0. The molecule has 0 saturated carbocycles. The number of para-hydroxylation sites is 2. The highest BCUT2D eigenvalue weighted by molar-refractivity contribution is 6.36. The molecule has 3 rings (SSSR count). The summed E-state index contributed by atoms with van der Waals surface area (Å²) in [5, 5.41) is 4.81. The number of hydrazone groups is 1. The van der Waals surface area contributed by atoms with Crippen molar-refractivity contribution in [3.05, 3.63) is 74.1 Å². The molecule has 1 heterocycles. The molecule has 0 atom stereocenters. The molecule has 0 unspecified atom stereocenters. The van der Waals surface area contributed by atoms with Crippen molar-refractivity contribution in [2.75, 3.05) is 0 Å². The van der Waals surface area contributed by atoms with Gasteiger partial charge in [-0.1, -0.05) is 41.4 Å². The van der Waals surface area contributed by atoms with E-state index in [4.69, 9.17) is 23.2 Å². The largest absolute Gasteiger partial charge is 0.319 e. The number of carbonyl (C=O) groups excluding carboxylic acids is 1. The van der Waals surface area contributed by atoms with E-state index >= 15 is 0 Å². The third-order valence-electron chi connectivity index (χ3n) is 3.61. The predicted octanol–water partition coefficient (Wildman–Crippen LogP) is 3.31. The van der Waals surface area contributed by atoms with Crippen LogP contribution in [0.2, 0.25) is 10.0 Å². The molecule has 2 N–H and O–H groups in total. The summed E-state index contributed by atoms with van der Waals surface area (Å²) < 4.78 is 0. The number of amides is 1. The number of H-pyrrole nitrogens is 1. The van der Waals surface area contributed by atoms with Crippen LogP contribution < -0.4 is 11.0 Å². The van der Waals surface area contributed by atoms with Gasteiger partial charge in [0, 0.05) is 23.4 Å². The fraction of sp³-hybridized carbons (Fsp3) is 0.111. The van der Waals surface area contributed by atoms with Crippen molar-refractivity contribution in [2.45, 2.75) is 12.8 Å². The Kier molecular flexibility index (Phi) is 5.65. The number of aromatic nitrogens is 2. The van der Waals surface area contributed by atoms with Gasteiger partial charge >= 0.3 is 0 Å². The highest BCUT2D eigenvalue weighted by Crippen LogP contribution is 2.19. The zero-order valence-corrected chi connectivity index (χ0v) is 15.0. The highest BCUT2D eigenvalue weighted by atomic mass is 35.5. The van der Waals surface area contributed by atoms with Crippen LogP contribution in [-0.4, -0.2) is 22.1 Å². The molecule has 0 radical (unpaired) electrons. The predicted molar refractivity (Wildman–Crippen MR) is 103 cm³/mol. The Labute approximate surface area is 158 Å². The van der Waals surface area contributed by atoms with Crippen LogP contribution in [0.25, 0.3) is 11.0 Å². The second kappa shape index (κ2) is 8.12. The molecule has 3 aromatic rings. The third-order valence-corrected chi connectivity index (χ3v) is 4.18. The summed E-state index contributed by atoms with van der Waals surface area (Å²) in [7, 11) is 0. The monoisotopic (exact) mass is 388 g/mol. The van der Waals surface area contributed by atoms with Crippen molar-refractivity contribution in [1.29, 1.82) is 0 Å². The SMILES string of the molecule is O=C(CCc1nc2ccccc2[nH]c1=O)N/N=C/c1ccc(Cl)cc1Cl. The maximum atomic E-state index is 12.0. The lowest BCUT2D eigenvalue weighted by molar-refractivity contribution is -0.121. The molecule has 8 heteroatoms. The lowest BCUT2D eigenvalue weighted by Crippen LogP contribution is -2.21. The van der Waals surface area contributed by atoms with Crippen LogP contribution in [0.1, 0.15) is 17.7 Å². The average Bonchev–Trinajstić information content (AvgIpc) is 2.61. The molecule has 1 amide bonds. The van der Waals surface area contributed by atoms with E-state index in [1.54, 1.807) is 30.3 Å². The standard InChI is InChI=1S/C18H14Cl2N4O2/c19-12-6-5-11(13(20)9-12)10-21-24-17(25)8-7-16-18(26)23-15-4-2-1-3-14(15)22-16/h1-6,9-10H,7-8H2,(H,23,26)(H,24,25)/b21-10+. The Bertz CT molecular complexity index is 1050. The number of aryl methyl sites for hydroxylation is 1. The van der Waals surface area contributed by atoms with Crippen LogP contribution in [0, 0.1) is 0 Å². The molecular formula is C18H14Cl2N4O2. The van der Waals surface area contributed by atoms with Gasteiger partial charge in [0.05, 0.1) is 22.3 Å². The zero-order chi connectivity index (χ0) is 18.5. The number of nitrogens with zero attached hydrogens (tertiary/aromatic N) is 2. The number of halogens is 2. The van der Waals surface area contributed by atoms with Gasteiger partial charge in [-0.05, 0) is 24.3 Å². The fourth-order valence-electron chi connectivity index (χ4n) is 2.30. The minimum atomic E-state index is -0.333. The number of fused-ring (bicyclic) bond motifs is 1.